The molecule has 2 aromatic heterocycles. The van der Waals surface area contributed by atoms with Crippen molar-refractivity contribution < 1.29 is 18.4 Å². The van der Waals surface area contributed by atoms with Crippen LogP contribution in [0.5, 0.6) is 11.5 Å². The summed E-state index contributed by atoms with van der Waals surface area (Å²) in [5, 5.41) is 4.80. The summed E-state index contributed by atoms with van der Waals surface area (Å²) in [6.07, 6.45) is 1.63. The molecule has 29 heavy (non-hydrogen) atoms. The van der Waals surface area contributed by atoms with E-state index in [0.29, 0.717) is 33.4 Å². The Kier molecular flexibility index (Phi) is 4.78. The van der Waals surface area contributed by atoms with E-state index in [4.69, 9.17) is 18.4 Å². The first-order chi connectivity index (χ1) is 14.1. The minimum atomic E-state index is -0.538. The molecule has 0 aliphatic rings. The second kappa shape index (κ2) is 7.55. The van der Waals surface area contributed by atoms with E-state index in [1.165, 1.54) is 0 Å². The Bertz CT molecular complexity index is 1410. The second-order valence-corrected chi connectivity index (χ2v) is 6.20. The van der Waals surface area contributed by atoms with Gasteiger partial charge in [-0.15, -0.1) is 0 Å². The number of nitrogens with zero attached hydrogens (tertiary/aromatic N) is 1. The molecule has 146 valence electrons. The molecular weight excluding hydrogens is 372 g/mol. The van der Waals surface area contributed by atoms with Gasteiger partial charge in [0.2, 0.25) is 5.55 Å². The lowest BCUT2D eigenvalue weighted by molar-refractivity contribution is 0.396. The smallest absolute Gasteiger partial charge is 0.361 e. The maximum Gasteiger partial charge on any atom is 0.361 e. The quantitative estimate of drug-likeness (QED) is 0.574. The van der Waals surface area contributed by atoms with Gasteiger partial charge in [-0.3, -0.25) is 0 Å². The van der Waals surface area contributed by atoms with Gasteiger partial charge in [0.15, 0.2) is 5.42 Å². The third-order valence-electron chi connectivity index (χ3n) is 4.44. The van der Waals surface area contributed by atoms with Crippen LogP contribution < -0.4 is 25.9 Å². The molecular formula is C22H18N2O5. The first-order valence-corrected chi connectivity index (χ1v) is 8.78. The predicted molar refractivity (Wildman–Crippen MR) is 107 cm³/mol. The van der Waals surface area contributed by atoms with Gasteiger partial charge in [-0.1, -0.05) is 42.1 Å². The van der Waals surface area contributed by atoms with Crippen LogP contribution in [0, 0.1) is 10.8 Å². The lowest BCUT2D eigenvalue weighted by Crippen LogP contribution is -2.20. The third kappa shape index (κ3) is 3.45. The van der Waals surface area contributed by atoms with E-state index < -0.39 is 5.63 Å². The average Bonchev–Trinajstić information content (AvgIpc) is 3.30. The highest BCUT2D eigenvalue weighted by atomic mass is 16.5. The molecule has 0 fully saturated rings. The van der Waals surface area contributed by atoms with Gasteiger partial charge in [-0.2, -0.15) is 0 Å². The van der Waals surface area contributed by atoms with Crippen LogP contribution in [0.2, 0.25) is 0 Å². The Balaban J connectivity index is 1.99. The van der Waals surface area contributed by atoms with Crippen molar-refractivity contribution in [2.75, 3.05) is 14.2 Å². The molecule has 4 aromatic rings. The lowest BCUT2D eigenvalue weighted by Gasteiger charge is -2.06. The minimum absolute atomic E-state index is 0.216. The molecule has 0 spiro atoms. The molecule has 2 aromatic carbocycles. The van der Waals surface area contributed by atoms with Crippen molar-refractivity contribution in [2.45, 2.75) is 0 Å². The minimum Gasteiger partial charge on any atom is -0.497 e. The fourth-order valence-corrected chi connectivity index (χ4v) is 3.01. The topological polar surface area (TPSA) is 90.5 Å². The SMILES string of the molecule is C=c1onc(-c2ccccc2)c1=c1[nH]/c(=C\c2cc(OC)ccc2OC)c(=O)o1. The lowest BCUT2D eigenvalue weighted by atomic mass is 10.1. The summed E-state index contributed by atoms with van der Waals surface area (Å²) in [6.45, 7) is 3.86. The van der Waals surface area contributed by atoms with E-state index >= 15 is 0 Å². The molecule has 0 aliphatic heterocycles. The molecule has 2 heterocycles. The van der Waals surface area contributed by atoms with Crippen molar-refractivity contribution in [1.82, 2.24) is 10.1 Å². The molecule has 7 nitrogen and oxygen atoms in total. The summed E-state index contributed by atoms with van der Waals surface area (Å²) < 4.78 is 21.3. The predicted octanol–water partition coefficient (Wildman–Crippen LogP) is 2.17. The van der Waals surface area contributed by atoms with Gasteiger partial charge in [-0.25, -0.2) is 4.79 Å². The van der Waals surface area contributed by atoms with Crippen molar-refractivity contribution >= 4 is 12.7 Å². The second-order valence-electron chi connectivity index (χ2n) is 6.20. The summed E-state index contributed by atoms with van der Waals surface area (Å²) in [6, 6.07) is 14.7. The van der Waals surface area contributed by atoms with Gasteiger partial charge in [0.1, 0.15) is 27.8 Å². The Labute approximate surface area is 164 Å². The van der Waals surface area contributed by atoms with Gasteiger partial charge in [0.25, 0.3) is 0 Å². The number of hydrogen-bond acceptors (Lipinski definition) is 6. The average molecular weight is 390 g/mol. The van der Waals surface area contributed by atoms with Crippen LogP contribution >= 0.6 is 0 Å². The fraction of sp³-hybridized carbons (Fsp3) is 0.0909. The van der Waals surface area contributed by atoms with Crippen LogP contribution in [0.1, 0.15) is 5.56 Å². The van der Waals surface area contributed by atoms with E-state index in [2.05, 4.69) is 16.7 Å². The molecule has 4 rings (SSSR count). The van der Waals surface area contributed by atoms with Crippen LogP contribution in [-0.4, -0.2) is 24.4 Å². The highest BCUT2D eigenvalue weighted by Crippen LogP contribution is 2.24. The highest BCUT2D eigenvalue weighted by Gasteiger charge is 2.10. The van der Waals surface area contributed by atoms with Crippen LogP contribution in [0.4, 0.5) is 0 Å². The van der Waals surface area contributed by atoms with Crippen molar-refractivity contribution in [1.29, 1.82) is 0 Å². The number of aromatic amines is 1. The number of oxazole rings is 1. The zero-order valence-electron chi connectivity index (χ0n) is 15.9. The van der Waals surface area contributed by atoms with E-state index in [9.17, 15) is 4.79 Å². The first kappa shape index (κ1) is 18.4. The number of nitrogens with one attached hydrogen (secondary N) is 1. The first-order valence-electron chi connectivity index (χ1n) is 8.78. The van der Waals surface area contributed by atoms with Crippen molar-refractivity contribution in [2.24, 2.45) is 0 Å². The zero-order chi connectivity index (χ0) is 20.4. The number of methoxy groups -OCH3 is 2. The molecule has 0 aliphatic carbocycles. The van der Waals surface area contributed by atoms with Gasteiger partial charge in [0, 0.05) is 11.1 Å². The Morgan fingerprint density at radius 2 is 1.90 bits per heavy atom. The van der Waals surface area contributed by atoms with E-state index in [1.807, 2.05) is 30.3 Å². The zero-order valence-corrected chi connectivity index (χ0v) is 15.9. The fourth-order valence-electron chi connectivity index (χ4n) is 3.01. The molecule has 0 bridgehead atoms. The summed E-state index contributed by atoms with van der Waals surface area (Å²) in [4.78, 5) is 15.5. The number of benzene rings is 2. The van der Waals surface area contributed by atoms with Gasteiger partial charge in [-0.05, 0) is 24.3 Å². The van der Waals surface area contributed by atoms with Gasteiger partial charge >= 0.3 is 5.63 Å². The number of ether oxygens (including phenoxy) is 2. The third-order valence-corrected chi connectivity index (χ3v) is 4.44. The Morgan fingerprint density at radius 1 is 1.10 bits per heavy atom. The Morgan fingerprint density at radius 3 is 2.62 bits per heavy atom. The van der Waals surface area contributed by atoms with Crippen molar-refractivity contribution in [3.8, 4) is 22.8 Å². The molecule has 7 heteroatoms. The van der Waals surface area contributed by atoms with E-state index in [-0.39, 0.29) is 10.9 Å². The molecule has 0 saturated heterocycles. The van der Waals surface area contributed by atoms with Crippen molar-refractivity contribution in [3.05, 3.63) is 86.0 Å². The normalized spacial score (nSPS) is 12.8. The summed E-state index contributed by atoms with van der Waals surface area (Å²) >= 11 is 0. The van der Waals surface area contributed by atoms with Gasteiger partial charge < -0.3 is 23.4 Å². The number of rotatable bonds is 4. The summed E-state index contributed by atoms with van der Waals surface area (Å²) in [7, 11) is 3.12. The molecule has 0 atom stereocenters. The monoisotopic (exact) mass is 390 g/mol. The largest absolute Gasteiger partial charge is 0.497 e. The highest BCUT2D eigenvalue weighted by molar-refractivity contribution is 5.60. The van der Waals surface area contributed by atoms with Crippen LogP contribution in [0.3, 0.4) is 0 Å². The maximum absolute atomic E-state index is 12.5. The summed E-state index contributed by atoms with van der Waals surface area (Å²) in [5.74, 6) is 1.23. The van der Waals surface area contributed by atoms with Crippen molar-refractivity contribution in [3.63, 3.8) is 0 Å². The van der Waals surface area contributed by atoms with Gasteiger partial charge in [0.05, 0.1) is 14.2 Å². The number of hydrogen-bond donors (Lipinski definition) is 1. The number of aromatic nitrogens is 2. The molecule has 1 N–H and O–H groups in total. The standard InChI is InChI=1S/C22H18N2O5/c1-13-19(20(24-29-13)14-7-5-4-6-8-14)21-23-17(22(25)28-21)12-15-11-16(26-2)9-10-18(15)27-3/h4-12,23H,1H2,2-3H3/b17-12-,21-19?. The summed E-state index contributed by atoms with van der Waals surface area (Å²) in [5.41, 5.74) is 1.98. The molecule has 0 radical (unpaired) electrons. The maximum atomic E-state index is 12.5. The van der Waals surface area contributed by atoms with Crippen LogP contribution in [0.15, 0.2) is 62.3 Å². The van der Waals surface area contributed by atoms with E-state index in [1.54, 1.807) is 38.5 Å². The van der Waals surface area contributed by atoms with Crippen LogP contribution in [-0.2, 0) is 0 Å². The van der Waals surface area contributed by atoms with Crippen LogP contribution in [0.25, 0.3) is 23.9 Å². The molecule has 0 saturated carbocycles. The number of H-pyrrole nitrogens is 1. The Hall–Kier alpha value is -4.00. The molecule has 0 unspecified atom stereocenters. The molecule has 0 amide bonds. The van der Waals surface area contributed by atoms with E-state index in [0.717, 1.165) is 5.56 Å².